The van der Waals surface area contributed by atoms with Crippen LogP contribution in [0, 0.1) is 17.8 Å². The molecule has 0 spiro atoms. The molecular weight excluding hydrogens is 140 g/mol. The van der Waals surface area contributed by atoms with E-state index < -0.39 is 0 Å². The molecule has 2 aliphatic rings. The zero-order valence-electron chi connectivity index (χ0n) is 6.88. The fourth-order valence-corrected chi connectivity index (χ4v) is 2.46. The number of carbonyl (C=O) groups is 1. The number of esters is 1. The van der Waals surface area contributed by atoms with Gasteiger partial charge in [0.2, 0.25) is 0 Å². The van der Waals surface area contributed by atoms with Crippen molar-refractivity contribution in [1.82, 2.24) is 0 Å². The fourth-order valence-electron chi connectivity index (χ4n) is 2.46. The second-order valence-electron chi connectivity index (χ2n) is 3.80. The summed E-state index contributed by atoms with van der Waals surface area (Å²) in [5, 5.41) is 0. The van der Waals surface area contributed by atoms with Crippen molar-refractivity contribution in [3.63, 3.8) is 0 Å². The van der Waals surface area contributed by atoms with Gasteiger partial charge in [0.25, 0.3) is 0 Å². The summed E-state index contributed by atoms with van der Waals surface area (Å²) in [6.07, 6.45) is 3.55. The van der Waals surface area contributed by atoms with Crippen molar-refractivity contribution in [2.24, 2.45) is 17.8 Å². The van der Waals surface area contributed by atoms with E-state index in [2.05, 4.69) is 6.92 Å². The topological polar surface area (TPSA) is 26.3 Å². The lowest BCUT2D eigenvalue weighted by molar-refractivity contribution is -0.156. The summed E-state index contributed by atoms with van der Waals surface area (Å²) >= 11 is 0. The smallest absolute Gasteiger partial charge is 0.309 e. The first-order valence-electron chi connectivity index (χ1n) is 4.45. The third-order valence-electron chi connectivity index (χ3n) is 3.12. The van der Waals surface area contributed by atoms with Gasteiger partial charge in [-0.25, -0.2) is 0 Å². The first kappa shape index (κ1) is 7.14. The van der Waals surface area contributed by atoms with Crippen molar-refractivity contribution in [1.29, 1.82) is 0 Å². The summed E-state index contributed by atoms with van der Waals surface area (Å²) in [5.41, 5.74) is 0. The Morgan fingerprint density at radius 2 is 2.18 bits per heavy atom. The number of cyclic esters (lactones) is 1. The van der Waals surface area contributed by atoms with E-state index in [1.54, 1.807) is 0 Å². The van der Waals surface area contributed by atoms with Crippen molar-refractivity contribution in [3.8, 4) is 0 Å². The number of hydrogen-bond donors (Lipinski definition) is 0. The molecule has 0 aromatic carbocycles. The van der Waals surface area contributed by atoms with Crippen molar-refractivity contribution < 1.29 is 9.53 Å². The Morgan fingerprint density at radius 1 is 1.36 bits per heavy atom. The van der Waals surface area contributed by atoms with Gasteiger partial charge in [0.05, 0.1) is 12.5 Å². The van der Waals surface area contributed by atoms with E-state index in [0.29, 0.717) is 18.4 Å². The van der Waals surface area contributed by atoms with Crippen LogP contribution in [0.4, 0.5) is 0 Å². The minimum atomic E-state index is 0.0613. The molecule has 1 saturated heterocycles. The van der Waals surface area contributed by atoms with Crippen molar-refractivity contribution >= 4 is 5.97 Å². The summed E-state index contributed by atoms with van der Waals surface area (Å²) < 4.78 is 5.02. The quantitative estimate of drug-likeness (QED) is 0.495. The van der Waals surface area contributed by atoms with Crippen LogP contribution in [0.2, 0.25) is 0 Å². The van der Waals surface area contributed by atoms with E-state index in [-0.39, 0.29) is 11.9 Å². The molecule has 1 heterocycles. The number of rotatable bonds is 0. The molecule has 2 fully saturated rings. The SMILES string of the molecule is C[C@@H]1CC[C@H]2CCOC(=O)[C@H]21. The highest BCUT2D eigenvalue weighted by Gasteiger charge is 2.41. The highest BCUT2D eigenvalue weighted by Crippen LogP contribution is 2.41. The minimum absolute atomic E-state index is 0.0613. The fraction of sp³-hybridized carbons (Fsp3) is 0.889. The third-order valence-corrected chi connectivity index (χ3v) is 3.12. The first-order chi connectivity index (χ1) is 5.29. The molecule has 62 valence electrons. The van der Waals surface area contributed by atoms with E-state index in [4.69, 9.17) is 4.74 Å². The van der Waals surface area contributed by atoms with Gasteiger partial charge in [-0.15, -0.1) is 0 Å². The maximum atomic E-state index is 11.3. The summed E-state index contributed by atoms with van der Waals surface area (Å²) in [4.78, 5) is 11.3. The van der Waals surface area contributed by atoms with E-state index in [1.165, 1.54) is 12.8 Å². The maximum Gasteiger partial charge on any atom is 0.309 e. The largest absolute Gasteiger partial charge is 0.465 e. The average Bonchev–Trinajstić information content (AvgIpc) is 2.34. The van der Waals surface area contributed by atoms with Crippen LogP contribution in [0.1, 0.15) is 26.2 Å². The molecule has 3 atom stereocenters. The van der Waals surface area contributed by atoms with Crippen LogP contribution in [0.15, 0.2) is 0 Å². The maximum absolute atomic E-state index is 11.3. The summed E-state index contributed by atoms with van der Waals surface area (Å²) in [5.74, 6) is 1.51. The lowest BCUT2D eigenvalue weighted by atomic mass is 9.87. The molecule has 0 aromatic heterocycles. The zero-order valence-corrected chi connectivity index (χ0v) is 6.88. The van der Waals surface area contributed by atoms with E-state index in [0.717, 1.165) is 6.42 Å². The van der Waals surface area contributed by atoms with E-state index in [9.17, 15) is 4.79 Å². The number of ether oxygens (including phenoxy) is 1. The Bertz CT molecular complexity index is 174. The Kier molecular flexibility index (Phi) is 1.63. The highest BCUT2D eigenvalue weighted by atomic mass is 16.5. The molecule has 0 radical (unpaired) electrons. The Hall–Kier alpha value is -0.530. The molecule has 2 rings (SSSR count). The third kappa shape index (κ3) is 1.05. The average molecular weight is 154 g/mol. The van der Waals surface area contributed by atoms with Crippen LogP contribution in [-0.2, 0) is 9.53 Å². The van der Waals surface area contributed by atoms with Crippen LogP contribution in [0.25, 0.3) is 0 Å². The molecule has 1 aliphatic heterocycles. The van der Waals surface area contributed by atoms with Crippen molar-refractivity contribution in [3.05, 3.63) is 0 Å². The lowest BCUT2D eigenvalue weighted by Gasteiger charge is -2.26. The monoisotopic (exact) mass is 154 g/mol. The van der Waals surface area contributed by atoms with Crippen molar-refractivity contribution in [2.45, 2.75) is 26.2 Å². The molecule has 2 heteroatoms. The van der Waals surface area contributed by atoms with Gasteiger partial charge >= 0.3 is 5.97 Å². The molecule has 1 saturated carbocycles. The Morgan fingerprint density at radius 3 is 2.91 bits per heavy atom. The van der Waals surface area contributed by atoms with E-state index >= 15 is 0 Å². The van der Waals surface area contributed by atoms with E-state index in [1.807, 2.05) is 0 Å². The second kappa shape index (κ2) is 2.50. The molecule has 0 bridgehead atoms. The minimum Gasteiger partial charge on any atom is -0.465 e. The van der Waals surface area contributed by atoms with Crippen LogP contribution in [-0.4, -0.2) is 12.6 Å². The predicted octanol–water partition coefficient (Wildman–Crippen LogP) is 1.60. The molecule has 1 aliphatic carbocycles. The van der Waals surface area contributed by atoms with Gasteiger partial charge < -0.3 is 4.74 Å². The predicted molar refractivity (Wildman–Crippen MR) is 41.0 cm³/mol. The van der Waals surface area contributed by atoms with Gasteiger partial charge in [-0.3, -0.25) is 4.79 Å². The molecule has 0 N–H and O–H groups in total. The van der Waals surface area contributed by atoms with Crippen LogP contribution in [0.3, 0.4) is 0 Å². The molecule has 0 aromatic rings. The number of fused-ring (bicyclic) bond motifs is 1. The molecule has 0 unspecified atom stereocenters. The zero-order chi connectivity index (χ0) is 7.84. The normalized spacial score (nSPS) is 43.4. The molecular formula is C9H14O2. The van der Waals surface area contributed by atoms with Gasteiger partial charge in [0.1, 0.15) is 0 Å². The molecule has 0 amide bonds. The second-order valence-corrected chi connectivity index (χ2v) is 3.80. The molecule has 11 heavy (non-hydrogen) atoms. The summed E-state index contributed by atoms with van der Waals surface area (Å²) in [6, 6.07) is 0. The lowest BCUT2D eigenvalue weighted by Crippen LogP contribution is -2.31. The first-order valence-corrected chi connectivity index (χ1v) is 4.45. The highest BCUT2D eigenvalue weighted by molar-refractivity contribution is 5.74. The number of carbonyl (C=O) groups excluding carboxylic acids is 1. The van der Waals surface area contributed by atoms with Gasteiger partial charge in [0.15, 0.2) is 0 Å². The van der Waals surface area contributed by atoms with Gasteiger partial charge in [0, 0.05) is 0 Å². The Labute approximate surface area is 66.9 Å². The standard InChI is InChI=1S/C9H14O2/c1-6-2-3-7-4-5-11-9(10)8(6)7/h6-8H,2-5H2,1H3/t6-,7+,8+/m1/s1. The van der Waals surface area contributed by atoms with Crippen LogP contribution in [0.5, 0.6) is 0 Å². The number of hydrogen-bond acceptors (Lipinski definition) is 2. The van der Waals surface area contributed by atoms with Gasteiger partial charge in [-0.1, -0.05) is 6.92 Å². The molecule has 2 nitrogen and oxygen atoms in total. The summed E-state index contributed by atoms with van der Waals surface area (Å²) in [6.45, 7) is 2.82. The van der Waals surface area contributed by atoms with Crippen LogP contribution >= 0.6 is 0 Å². The van der Waals surface area contributed by atoms with Crippen LogP contribution < -0.4 is 0 Å². The van der Waals surface area contributed by atoms with Crippen molar-refractivity contribution in [2.75, 3.05) is 6.61 Å². The summed E-state index contributed by atoms with van der Waals surface area (Å²) in [7, 11) is 0. The van der Waals surface area contributed by atoms with Gasteiger partial charge in [-0.05, 0) is 31.1 Å². The Balaban J connectivity index is 2.14. The van der Waals surface area contributed by atoms with Gasteiger partial charge in [-0.2, -0.15) is 0 Å².